The number of amides is 1. The number of carbonyl (C=O) groups excluding carboxylic acids is 1. The highest BCUT2D eigenvalue weighted by atomic mass is 32.1. The molecule has 0 aliphatic carbocycles. The Morgan fingerprint density at radius 1 is 1.36 bits per heavy atom. The first-order valence-corrected chi connectivity index (χ1v) is 7.15. The first-order valence-electron chi connectivity index (χ1n) is 6.27. The normalized spacial score (nSPS) is 11.0. The molecule has 0 unspecified atom stereocenters. The van der Waals surface area contributed by atoms with E-state index in [9.17, 15) is 14.7 Å². The van der Waals surface area contributed by atoms with Crippen LogP contribution >= 0.6 is 11.3 Å². The molecule has 22 heavy (non-hydrogen) atoms. The van der Waals surface area contributed by atoms with Crippen LogP contribution in [0.5, 0.6) is 0 Å². The van der Waals surface area contributed by atoms with Crippen LogP contribution in [0.25, 0.3) is 0 Å². The molecular weight excluding hydrogens is 306 g/mol. The summed E-state index contributed by atoms with van der Waals surface area (Å²) in [5, 5.41) is 17.1. The first-order chi connectivity index (χ1) is 10.6. The Bertz CT molecular complexity index is 697. The van der Waals surface area contributed by atoms with Crippen molar-refractivity contribution >= 4 is 34.1 Å². The van der Waals surface area contributed by atoms with Gasteiger partial charge in [-0.1, -0.05) is 35.5 Å². The van der Waals surface area contributed by atoms with Gasteiger partial charge in [0.2, 0.25) is 11.6 Å². The van der Waals surface area contributed by atoms with Crippen LogP contribution in [0.3, 0.4) is 0 Å². The van der Waals surface area contributed by atoms with Crippen LogP contribution in [0.2, 0.25) is 0 Å². The minimum absolute atomic E-state index is 0.134. The molecule has 1 aromatic carbocycles. The number of hydrogen-bond acceptors (Lipinski definition) is 6. The van der Waals surface area contributed by atoms with Crippen molar-refractivity contribution in [3.05, 3.63) is 47.0 Å². The van der Waals surface area contributed by atoms with Crippen LogP contribution in [0.4, 0.5) is 5.13 Å². The van der Waals surface area contributed by atoms with Crippen LogP contribution in [-0.4, -0.2) is 27.7 Å². The molecule has 2 rings (SSSR count). The lowest BCUT2D eigenvalue weighted by Gasteiger charge is -2.01. The van der Waals surface area contributed by atoms with E-state index in [0.717, 1.165) is 16.9 Å². The summed E-state index contributed by atoms with van der Waals surface area (Å²) in [6.45, 7) is 1.50. The molecule has 2 N–H and O–H groups in total. The maximum absolute atomic E-state index is 11.2. The van der Waals surface area contributed by atoms with Gasteiger partial charge in [0.05, 0.1) is 0 Å². The van der Waals surface area contributed by atoms with Crippen molar-refractivity contribution < 1.29 is 19.5 Å². The number of carboxylic acid groups (broad SMARTS) is 1. The molecule has 0 saturated carbocycles. The number of carboxylic acids is 1. The highest BCUT2D eigenvalue weighted by Gasteiger charge is 2.18. The van der Waals surface area contributed by atoms with Gasteiger partial charge in [0.15, 0.2) is 5.13 Å². The SMILES string of the molecule is CC(=O)Nc1nc(/C(=N/OCc2ccccc2)C(=O)O)cs1. The lowest BCUT2D eigenvalue weighted by atomic mass is 10.2. The summed E-state index contributed by atoms with van der Waals surface area (Å²) in [5.74, 6) is -1.54. The Kier molecular flexibility index (Phi) is 5.21. The van der Waals surface area contributed by atoms with E-state index >= 15 is 0 Å². The molecule has 8 heteroatoms. The molecule has 1 aromatic heterocycles. The molecule has 114 valence electrons. The Labute approximate surface area is 130 Å². The van der Waals surface area contributed by atoms with Gasteiger partial charge in [-0.2, -0.15) is 0 Å². The summed E-state index contributed by atoms with van der Waals surface area (Å²) < 4.78 is 0. The summed E-state index contributed by atoms with van der Waals surface area (Å²) in [6, 6.07) is 9.25. The summed E-state index contributed by atoms with van der Waals surface area (Å²) in [6.07, 6.45) is 0. The number of anilines is 1. The molecule has 7 nitrogen and oxygen atoms in total. The van der Waals surface area contributed by atoms with Crippen LogP contribution in [0, 0.1) is 0 Å². The number of benzene rings is 1. The number of nitrogens with one attached hydrogen (secondary N) is 1. The molecule has 0 aliphatic rings. The van der Waals surface area contributed by atoms with Gasteiger partial charge in [-0.25, -0.2) is 9.78 Å². The minimum atomic E-state index is -1.26. The molecule has 0 spiro atoms. The fourth-order valence-electron chi connectivity index (χ4n) is 1.53. The second kappa shape index (κ2) is 7.32. The van der Waals surface area contributed by atoms with E-state index in [1.807, 2.05) is 30.3 Å². The Hall–Kier alpha value is -2.74. The third-order valence-corrected chi connectivity index (χ3v) is 3.22. The molecule has 1 amide bonds. The number of carbonyl (C=O) groups is 2. The van der Waals surface area contributed by atoms with Gasteiger partial charge < -0.3 is 15.3 Å². The van der Waals surface area contributed by atoms with Crippen molar-refractivity contribution in [2.24, 2.45) is 5.16 Å². The number of rotatable bonds is 6. The highest BCUT2D eigenvalue weighted by Crippen LogP contribution is 2.16. The molecular formula is C14H13N3O4S. The predicted octanol–water partition coefficient (Wildman–Crippen LogP) is 2.11. The lowest BCUT2D eigenvalue weighted by Crippen LogP contribution is -2.16. The van der Waals surface area contributed by atoms with E-state index in [0.29, 0.717) is 5.13 Å². The van der Waals surface area contributed by atoms with Gasteiger partial charge in [-0.05, 0) is 5.56 Å². The molecule has 0 radical (unpaired) electrons. The van der Waals surface area contributed by atoms with Crippen molar-refractivity contribution in [3.63, 3.8) is 0 Å². The monoisotopic (exact) mass is 319 g/mol. The number of aromatic nitrogens is 1. The van der Waals surface area contributed by atoms with Crippen LogP contribution < -0.4 is 5.32 Å². The second-order valence-electron chi connectivity index (χ2n) is 4.22. The van der Waals surface area contributed by atoms with E-state index in [2.05, 4.69) is 15.5 Å². The summed E-state index contributed by atoms with van der Waals surface area (Å²) in [4.78, 5) is 31.2. The van der Waals surface area contributed by atoms with Crippen LogP contribution in [0.15, 0.2) is 40.9 Å². The van der Waals surface area contributed by atoms with E-state index in [-0.39, 0.29) is 23.9 Å². The molecule has 0 fully saturated rings. The Balaban J connectivity index is 2.09. The van der Waals surface area contributed by atoms with Crippen molar-refractivity contribution in [2.75, 3.05) is 5.32 Å². The quantitative estimate of drug-likeness (QED) is 0.627. The lowest BCUT2D eigenvalue weighted by molar-refractivity contribution is -0.129. The molecule has 0 saturated heterocycles. The summed E-state index contributed by atoms with van der Waals surface area (Å²) in [7, 11) is 0. The topological polar surface area (TPSA) is 101 Å². The second-order valence-corrected chi connectivity index (χ2v) is 5.08. The average Bonchev–Trinajstić information content (AvgIpc) is 2.91. The van der Waals surface area contributed by atoms with Gasteiger partial charge in [0, 0.05) is 12.3 Å². The number of thiazole rings is 1. The standard InChI is InChI=1S/C14H13N3O4S/c1-9(18)15-14-16-11(8-22-14)12(13(19)20)17-21-7-10-5-3-2-4-6-10/h2-6,8H,7H2,1H3,(H,19,20)(H,15,16,18)/b17-12-. The molecule has 0 atom stereocenters. The highest BCUT2D eigenvalue weighted by molar-refractivity contribution is 7.14. The van der Waals surface area contributed by atoms with Crippen molar-refractivity contribution in [1.29, 1.82) is 0 Å². The zero-order chi connectivity index (χ0) is 15.9. The van der Waals surface area contributed by atoms with E-state index in [4.69, 9.17) is 4.84 Å². The van der Waals surface area contributed by atoms with E-state index < -0.39 is 5.97 Å². The smallest absolute Gasteiger partial charge is 0.360 e. The fraction of sp³-hybridized carbons (Fsp3) is 0.143. The molecule has 1 heterocycles. The zero-order valence-corrected chi connectivity index (χ0v) is 12.5. The minimum Gasteiger partial charge on any atom is -0.476 e. The van der Waals surface area contributed by atoms with Gasteiger partial charge in [-0.3, -0.25) is 4.79 Å². The molecule has 2 aromatic rings. The maximum atomic E-state index is 11.2. The number of hydrogen-bond donors (Lipinski definition) is 2. The van der Waals surface area contributed by atoms with Crippen LogP contribution in [0.1, 0.15) is 18.2 Å². The fourth-order valence-corrected chi connectivity index (χ4v) is 2.27. The van der Waals surface area contributed by atoms with Gasteiger partial charge in [-0.15, -0.1) is 11.3 Å². The zero-order valence-electron chi connectivity index (χ0n) is 11.6. The van der Waals surface area contributed by atoms with Crippen LogP contribution in [-0.2, 0) is 21.0 Å². The third kappa shape index (κ3) is 4.38. The van der Waals surface area contributed by atoms with Crippen molar-refractivity contribution in [2.45, 2.75) is 13.5 Å². The van der Waals surface area contributed by atoms with Gasteiger partial charge >= 0.3 is 5.97 Å². The first kappa shape index (κ1) is 15.6. The predicted molar refractivity (Wildman–Crippen MR) is 81.8 cm³/mol. The van der Waals surface area contributed by atoms with Crippen molar-refractivity contribution in [1.82, 2.24) is 4.98 Å². The van der Waals surface area contributed by atoms with Gasteiger partial charge in [0.1, 0.15) is 12.3 Å². The maximum Gasteiger partial charge on any atom is 0.360 e. The largest absolute Gasteiger partial charge is 0.476 e. The Morgan fingerprint density at radius 2 is 2.09 bits per heavy atom. The number of aliphatic carboxylic acids is 1. The average molecular weight is 319 g/mol. The number of oxime groups is 1. The third-order valence-electron chi connectivity index (χ3n) is 2.46. The van der Waals surface area contributed by atoms with E-state index in [1.54, 1.807) is 0 Å². The summed E-state index contributed by atoms with van der Waals surface area (Å²) in [5.41, 5.74) is 0.686. The van der Waals surface area contributed by atoms with E-state index in [1.165, 1.54) is 12.3 Å². The Morgan fingerprint density at radius 3 is 2.73 bits per heavy atom. The van der Waals surface area contributed by atoms with Crippen molar-refractivity contribution in [3.8, 4) is 0 Å². The van der Waals surface area contributed by atoms with Gasteiger partial charge in [0.25, 0.3) is 0 Å². The molecule has 0 aliphatic heterocycles. The summed E-state index contributed by atoms with van der Waals surface area (Å²) >= 11 is 1.11. The molecule has 0 bridgehead atoms. The number of nitrogens with zero attached hydrogens (tertiary/aromatic N) is 2.